The minimum absolute atomic E-state index is 0.158. The van der Waals surface area contributed by atoms with Crippen LogP contribution < -0.4 is 5.73 Å². The third-order valence-corrected chi connectivity index (χ3v) is 3.20. The van der Waals surface area contributed by atoms with Gasteiger partial charge in [-0.1, -0.05) is 19.1 Å². The quantitative estimate of drug-likeness (QED) is 0.760. The van der Waals surface area contributed by atoms with Gasteiger partial charge in [0.05, 0.1) is 6.54 Å². The van der Waals surface area contributed by atoms with E-state index in [1.807, 2.05) is 18.2 Å². The largest absolute Gasteiger partial charge is 0.399 e. The number of aryl methyl sites for hydroxylation is 1. The van der Waals surface area contributed by atoms with Crippen molar-refractivity contribution in [3.8, 4) is 0 Å². The number of hydrogen-bond acceptors (Lipinski definition) is 3. The van der Waals surface area contributed by atoms with E-state index in [2.05, 4.69) is 17.9 Å². The lowest BCUT2D eigenvalue weighted by atomic mass is 10.1. The third kappa shape index (κ3) is 5.75. The fraction of sp³-hybridized carbons (Fsp3) is 0.533. The molecule has 0 aliphatic rings. The van der Waals surface area contributed by atoms with Crippen LogP contribution in [-0.4, -0.2) is 49.4 Å². The van der Waals surface area contributed by atoms with Gasteiger partial charge < -0.3 is 10.6 Å². The smallest absolute Gasteiger partial charge is 0.236 e. The second-order valence-electron chi connectivity index (χ2n) is 5.01. The van der Waals surface area contributed by atoms with Crippen LogP contribution in [0.1, 0.15) is 18.9 Å². The molecule has 1 rings (SSSR count). The number of amides is 1. The van der Waals surface area contributed by atoms with Gasteiger partial charge in [0.25, 0.3) is 0 Å². The number of anilines is 1. The van der Waals surface area contributed by atoms with E-state index in [4.69, 9.17) is 5.73 Å². The van der Waals surface area contributed by atoms with E-state index in [0.717, 1.165) is 31.6 Å². The minimum atomic E-state index is 0.158. The van der Waals surface area contributed by atoms with E-state index in [1.165, 1.54) is 5.56 Å². The van der Waals surface area contributed by atoms with Gasteiger partial charge in [0, 0.05) is 19.8 Å². The van der Waals surface area contributed by atoms with Gasteiger partial charge in [0.15, 0.2) is 0 Å². The van der Waals surface area contributed by atoms with Crippen molar-refractivity contribution in [2.24, 2.45) is 0 Å². The molecular weight excluding hydrogens is 238 g/mol. The lowest BCUT2D eigenvalue weighted by Crippen LogP contribution is -2.37. The second-order valence-corrected chi connectivity index (χ2v) is 5.01. The van der Waals surface area contributed by atoms with Gasteiger partial charge in [0.1, 0.15) is 0 Å². The average Bonchev–Trinajstić information content (AvgIpc) is 2.37. The third-order valence-electron chi connectivity index (χ3n) is 3.20. The Labute approximate surface area is 116 Å². The first kappa shape index (κ1) is 15.5. The lowest BCUT2D eigenvalue weighted by molar-refractivity contribution is -0.129. The monoisotopic (exact) mass is 263 g/mol. The normalized spacial score (nSPS) is 10.7. The molecule has 0 fully saturated rings. The van der Waals surface area contributed by atoms with Gasteiger partial charge in [-0.3, -0.25) is 9.69 Å². The van der Waals surface area contributed by atoms with Crippen molar-refractivity contribution in [3.63, 3.8) is 0 Å². The number of hydrogen-bond donors (Lipinski definition) is 1. The molecule has 0 heterocycles. The molecule has 0 aliphatic heterocycles. The van der Waals surface area contributed by atoms with Crippen LogP contribution in [-0.2, 0) is 11.2 Å². The Hall–Kier alpha value is -1.55. The van der Waals surface area contributed by atoms with Crippen molar-refractivity contribution in [3.05, 3.63) is 29.8 Å². The maximum Gasteiger partial charge on any atom is 0.236 e. The zero-order valence-electron chi connectivity index (χ0n) is 12.2. The summed E-state index contributed by atoms with van der Waals surface area (Å²) in [5.41, 5.74) is 7.83. The summed E-state index contributed by atoms with van der Waals surface area (Å²) in [4.78, 5) is 15.5. The standard InChI is InChI=1S/C15H25N3O/c1-4-18(12-15(19)17(2)3)10-6-8-13-7-5-9-14(16)11-13/h5,7,9,11H,4,6,8,10,12,16H2,1-3H3. The van der Waals surface area contributed by atoms with E-state index in [9.17, 15) is 4.79 Å². The number of rotatable bonds is 7. The topological polar surface area (TPSA) is 49.6 Å². The van der Waals surface area contributed by atoms with Crippen molar-refractivity contribution < 1.29 is 4.79 Å². The summed E-state index contributed by atoms with van der Waals surface area (Å²) < 4.78 is 0. The fourth-order valence-corrected chi connectivity index (χ4v) is 1.94. The SMILES string of the molecule is CCN(CCCc1cccc(N)c1)CC(=O)N(C)C. The van der Waals surface area contributed by atoms with Crippen LogP contribution in [0.5, 0.6) is 0 Å². The molecule has 106 valence electrons. The molecule has 0 bridgehead atoms. The molecule has 4 nitrogen and oxygen atoms in total. The highest BCUT2D eigenvalue weighted by Gasteiger charge is 2.10. The van der Waals surface area contributed by atoms with Gasteiger partial charge in [-0.15, -0.1) is 0 Å². The molecule has 19 heavy (non-hydrogen) atoms. The highest BCUT2D eigenvalue weighted by molar-refractivity contribution is 5.77. The van der Waals surface area contributed by atoms with E-state index in [1.54, 1.807) is 19.0 Å². The van der Waals surface area contributed by atoms with Crippen LogP contribution in [0.3, 0.4) is 0 Å². The van der Waals surface area contributed by atoms with E-state index in [0.29, 0.717) is 6.54 Å². The summed E-state index contributed by atoms with van der Waals surface area (Å²) in [5, 5.41) is 0. The molecule has 1 amide bonds. The minimum Gasteiger partial charge on any atom is -0.399 e. The molecule has 0 saturated carbocycles. The summed E-state index contributed by atoms with van der Waals surface area (Å²) in [7, 11) is 3.59. The molecule has 1 aromatic rings. The Morgan fingerprint density at radius 1 is 1.32 bits per heavy atom. The van der Waals surface area contributed by atoms with Crippen LogP contribution in [0.4, 0.5) is 5.69 Å². The molecule has 0 aromatic heterocycles. The van der Waals surface area contributed by atoms with Gasteiger partial charge >= 0.3 is 0 Å². The molecule has 0 unspecified atom stereocenters. The summed E-state index contributed by atoms with van der Waals surface area (Å²) >= 11 is 0. The van der Waals surface area contributed by atoms with E-state index in [-0.39, 0.29) is 5.91 Å². The molecule has 0 aliphatic carbocycles. The van der Waals surface area contributed by atoms with Gasteiger partial charge in [-0.05, 0) is 43.6 Å². The van der Waals surface area contributed by atoms with Gasteiger partial charge in [-0.2, -0.15) is 0 Å². The number of benzene rings is 1. The van der Waals surface area contributed by atoms with Crippen LogP contribution >= 0.6 is 0 Å². The van der Waals surface area contributed by atoms with Gasteiger partial charge in [-0.25, -0.2) is 0 Å². The van der Waals surface area contributed by atoms with E-state index >= 15 is 0 Å². The van der Waals surface area contributed by atoms with Crippen molar-refractivity contribution >= 4 is 11.6 Å². The van der Waals surface area contributed by atoms with E-state index < -0.39 is 0 Å². The average molecular weight is 263 g/mol. The number of carbonyl (C=O) groups is 1. The zero-order chi connectivity index (χ0) is 14.3. The number of nitrogens with zero attached hydrogens (tertiary/aromatic N) is 2. The highest BCUT2D eigenvalue weighted by Crippen LogP contribution is 2.09. The zero-order valence-corrected chi connectivity index (χ0v) is 12.2. The summed E-state index contributed by atoms with van der Waals surface area (Å²) in [5.74, 6) is 0.158. The molecule has 4 heteroatoms. The Morgan fingerprint density at radius 2 is 2.05 bits per heavy atom. The molecule has 0 saturated heterocycles. The van der Waals surface area contributed by atoms with Crippen molar-refractivity contribution in [2.75, 3.05) is 39.5 Å². The Morgan fingerprint density at radius 3 is 2.63 bits per heavy atom. The highest BCUT2D eigenvalue weighted by atomic mass is 16.2. The predicted octanol–water partition coefficient (Wildman–Crippen LogP) is 1.61. The molecular formula is C15H25N3O. The number of nitrogen functional groups attached to an aromatic ring is 1. The number of carbonyl (C=O) groups excluding carboxylic acids is 1. The summed E-state index contributed by atoms with van der Waals surface area (Å²) in [6, 6.07) is 7.99. The van der Waals surface area contributed by atoms with Crippen LogP contribution in [0, 0.1) is 0 Å². The second kappa shape index (κ2) is 7.79. The molecule has 1 aromatic carbocycles. The van der Waals surface area contributed by atoms with Crippen LogP contribution in [0.25, 0.3) is 0 Å². The first-order valence-corrected chi connectivity index (χ1v) is 6.80. The van der Waals surface area contributed by atoms with Crippen molar-refractivity contribution in [1.29, 1.82) is 0 Å². The maximum absolute atomic E-state index is 11.7. The Kier molecular flexibility index (Phi) is 6.36. The first-order valence-electron chi connectivity index (χ1n) is 6.80. The Balaban J connectivity index is 2.35. The van der Waals surface area contributed by atoms with Crippen molar-refractivity contribution in [1.82, 2.24) is 9.80 Å². The fourth-order valence-electron chi connectivity index (χ4n) is 1.94. The summed E-state index contributed by atoms with van der Waals surface area (Å²) in [6.45, 7) is 4.42. The first-order chi connectivity index (χ1) is 9.02. The Bertz CT molecular complexity index is 404. The maximum atomic E-state index is 11.7. The number of nitrogens with two attached hydrogens (primary N) is 1. The molecule has 0 radical (unpaired) electrons. The van der Waals surface area contributed by atoms with Crippen LogP contribution in [0.2, 0.25) is 0 Å². The van der Waals surface area contributed by atoms with Crippen molar-refractivity contribution in [2.45, 2.75) is 19.8 Å². The predicted molar refractivity (Wildman–Crippen MR) is 80.0 cm³/mol. The van der Waals surface area contributed by atoms with Crippen LogP contribution in [0.15, 0.2) is 24.3 Å². The molecule has 0 atom stereocenters. The van der Waals surface area contributed by atoms with Gasteiger partial charge in [0.2, 0.25) is 5.91 Å². The lowest BCUT2D eigenvalue weighted by Gasteiger charge is -2.21. The molecule has 0 spiro atoms. The molecule has 2 N–H and O–H groups in total. The number of likely N-dealkylation sites (N-methyl/N-ethyl adjacent to an activating group) is 2. The summed E-state index contributed by atoms with van der Waals surface area (Å²) in [6.07, 6.45) is 2.04.